The van der Waals surface area contributed by atoms with Gasteiger partial charge in [-0.15, -0.1) is 0 Å². The molecule has 1 aromatic carbocycles. The molecule has 102 valence electrons. The standard InChI is InChI=1S/C12H16N4O3/c1-12(2,7-17)6-13-11-14-9-4-3-8(16(18)19)5-10(9)15-11/h3-5,17H,6-7H2,1-2H3,(H2,13,14,15). The molecule has 0 bridgehead atoms. The summed E-state index contributed by atoms with van der Waals surface area (Å²) in [5.74, 6) is 0.539. The Morgan fingerprint density at radius 1 is 1.53 bits per heavy atom. The highest BCUT2D eigenvalue weighted by molar-refractivity contribution is 5.79. The van der Waals surface area contributed by atoms with Crippen molar-refractivity contribution < 1.29 is 10.0 Å². The first-order valence-corrected chi connectivity index (χ1v) is 5.90. The van der Waals surface area contributed by atoms with Crippen molar-refractivity contribution in [3.63, 3.8) is 0 Å². The summed E-state index contributed by atoms with van der Waals surface area (Å²) in [7, 11) is 0. The monoisotopic (exact) mass is 264 g/mol. The molecule has 1 aromatic heterocycles. The van der Waals surface area contributed by atoms with E-state index in [9.17, 15) is 10.1 Å². The van der Waals surface area contributed by atoms with Crippen LogP contribution in [0.1, 0.15) is 13.8 Å². The molecule has 0 saturated carbocycles. The average Bonchev–Trinajstić information content (AvgIpc) is 2.78. The first-order chi connectivity index (χ1) is 8.91. The molecule has 1 heterocycles. The fourth-order valence-corrected chi connectivity index (χ4v) is 1.57. The number of nitrogens with one attached hydrogen (secondary N) is 2. The lowest BCUT2D eigenvalue weighted by Gasteiger charge is -2.21. The smallest absolute Gasteiger partial charge is 0.271 e. The van der Waals surface area contributed by atoms with Crippen molar-refractivity contribution in [2.24, 2.45) is 5.41 Å². The molecule has 0 aliphatic rings. The molecule has 3 N–H and O–H groups in total. The fourth-order valence-electron chi connectivity index (χ4n) is 1.57. The van der Waals surface area contributed by atoms with Crippen molar-refractivity contribution in [1.82, 2.24) is 9.97 Å². The number of aromatic nitrogens is 2. The summed E-state index contributed by atoms with van der Waals surface area (Å²) in [5, 5.41) is 22.9. The largest absolute Gasteiger partial charge is 0.396 e. The summed E-state index contributed by atoms with van der Waals surface area (Å²) in [6, 6.07) is 4.47. The maximum absolute atomic E-state index is 10.7. The highest BCUT2D eigenvalue weighted by Gasteiger charge is 2.17. The molecule has 0 unspecified atom stereocenters. The summed E-state index contributed by atoms with van der Waals surface area (Å²) in [6.45, 7) is 4.46. The molecule has 19 heavy (non-hydrogen) atoms. The molecule has 0 amide bonds. The van der Waals surface area contributed by atoms with Crippen LogP contribution in [0.15, 0.2) is 18.2 Å². The van der Waals surface area contributed by atoms with Crippen LogP contribution >= 0.6 is 0 Å². The first kappa shape index (κ1) is 13.3. The molecule has 0 aliphatic heterocycles. The third-order valence-corrected chi connectivity index (χ3v) is 2.84. The lowest BCUT2D eigenvalue weighted by molar-refractivity contribution is -0.384. The Balaban J connectivity index is 2.20. The highest BCUT2D eigenvalue weighted by atomic mass is 16.6. The summed E-state index contributed by atoms with van der Waals surface area (Å²) in [4.78, 5) is 17.5. The summed E-state index contributed by atoms with van der Waals surface area (Å²) >= 11 is 0. The Hall–Kier alpha value is -2.15. The number of anilines is 1. The van der Waals surface area contributed by atoms with E-state index < -0.39 is 4.92 Å². The SMILES string of the molecule is CC(C)(CO)CNc1nc2ccc([N+](=O)[O-])cc2[nH]1. The Kier molecular flexibility index (Phi) is 3.39. The molecular weight excluding hydrogens is 248 g/mol. The second kappa shape index (κ2) is 4.85. The van der Waals surface area contributed by atoms with Crippen LogP contribution in [0.5, 0.6) is 0 Å². The molecule has 0 fully saturated rings. The minimum Gasteiger partial charge on any atom is -0.396 e. The van der Waals surface area contributed by atoms with E-state index in [2.05, 4.69) is 15.3 Å². The number of aliphatic hydroxyl groups excluding tert-OH is 1. The number of nitro groups is 1. The molecule has 0 aliphatic carbocycles. The van der Waals surface area contributed by atoms with E-state index in [1.165, 1.54) is 12.1 Å². The van der Waals surface area contributed by atoms with Gasteiger partial charge in [0.25, 0.3) is 5.69 Å². The van der Waals surface area contributed by atoms with Crippen LogP contribution in [0.25, 0.3) is 11.0 Å². The zero-order chi connectivity index (χ0) is 14.0. The van der Waals surface area contributed by atoms with E-state index >= 15 is 0 Å². The van der Waals surface area contributed by atoms with E-state index in [1.54, 1.807) is 6.07 Å². The first-order valence-electron chi connectivity index (χ1n) is 5.90. The molecule has 2 rings (SSSR count). The van der Waals surface area contributed by atoms with Crippen LogP contribution in [0.3, 0.4) is 0 Å². The molecule has 7 heteroatoms. The molecule has 0 saturated heterocycles. The van der Waals surface area contributed by atoms with Gasteiger partial charge in [0.1, 0.15) is 0 Å². The van der Waals surface area contributed by atoms with Gasteiger partial charge in [-0.3, -0.25) is 10.1 Å². The van der Waals surface area contributed by atoms with Gasteiger partial charge in [0, 0.05) is 30.7 Å². The summed E-state index contributed by atoms with van der Waals surface area (Å²) in [5.41, 5.74) is 1.04. The lowest BCUT2D eigenvalue weighted by atomic mass is 9.95. The molecular formula is C12H16N4O3. The Morgan fingerprint density at radius 3 is 2.89 bits per heavy atom. The number of rotatable bonds is 5. The second-order valence-electron chi connectivity index (χ2n) is 5.22. The Bertz CT molecular complexity index is 606. The van der Waals surface area contributed by atoms with Gasteiger partial charge in [0.15, 0.2) is 0 Å². The maximum Gasteiger partial charge on any atom is 0.271 e. The van der Waals surface area contributed by atoms with Crippen LogP contribution < -0.4 is 5.32 Å². The normalized spacial score (nSPS) is 11.7. The number of aromatic amines is 1. The number of aliphatic hydroxyl groups is 1. The van der Waals surface area contributed by atoms with Crippen molar-refractivity contribution in [1.29, 1.82) is 0 Å². The van der Waals surface area contributed by atoms with Crippen LogP contribution in [0.4, 0.5) is 11.6 Å². The number of nitro benzene ring substituents is 1. The molecule has 0 radical (unpaired) electrons. The van der Waals surface area contributed by atoms with E-state index in [0.29, 0.717) is 23.5 Å². The number of hydrogen-bond donors (Lipinski definition) is 3. The summed E-state index contributed by atoms with van der Waals surface area (Å²) in [6.07, 6.45) is 0. The number of imidazole rings is 1. The van der Waals surface area contributed by atoms with E-state index in [-0.39, 0.29) is 17.7 Å². The van der Waals surface area contributed by atoms with Crippen LogP contribution in [0, 0.1) is 15.5 Å². The Labute approximate surface area is 109 Å². The number of non-ortho nitro benzene ring substituents is 1. The van der Waals surface area contributed by atoms with Crippen molar-refractivity contribution in [2.75, 3.05) is 18.5 Å². The van der Waals surface area contributed by atoms with Gasteiger partial charge >= 0.3 is 0 Å². The third-order valence-electron chi connectivity index (χ3n) is 2.84. The molecule has 0 atom stereocenters. The lowest BCUT2D eigenvalue weighted by Crippen LogP contribution is -2.27. The maximum atomic E-state index is 10.7. The second-order valence-corrected chi connectivity index (χ2v) is 5.22. The van der Waals surface area contributed by atoms with Crippen LogP contribution in [-0.2, 0) is 0 Å². The minimum absolute atomic E-state index is 0.0263. The van der Waals surface area contributed by atoms with Gasteiger partial charge in [-0.25, -0.2) is 4.98 Å². The number of benzene rings is 1. The molecule has 0 spiro atoms. The number of H-pyrrole nitrogens is 1. The number of hydrogen-bond acceptors (Lipinski definition) is 5. The average molecular weight is 264 g/mol. The predicted molar refractivity (Wildman–Crippen MR) is 72.1 cm³/mol. The van der Waals surface area contributed by atoms with Gasteiger partial charge in [-0.2, -0.15) is 0 Å². The van der Waals surface area contributed by atoms with Gasteiger partial charge in [0.2, 0.25) is 5.95 Å². The Morgan fingerprint density at radius 2 is 2.26 bits per heavy atom. The fraction of sp³-hybridized carbons (Fsp3) is 0.417. The highest BCUT2D eigenvalue weighted by Crippen LogP contribution is 2.21. The van der Waals surface area contributed by atoms with Gasteiger partial charge < -0.3 is 15.4 Å². The van der Waals surface area contributed by atoms with Crippen molar-refractivity contribution in [2.45, 2.75) is 13.8 Å². The minimum atomic E-state index is -0.442. The van der Waals surface area contributed by atoms with Gasteiger partial charge in [0.05, 0.1) is 16.0 Å². The van der Waals surface area contributed by atoms with Gasteiger partial charge in [-0.05, 0) is 6.07 Å². The predicted octanol–water partition coefficient (Wildman–Crippen LogP) is 1.90. The van der Waals surface area contributed by atoms with E-state index in [1.807, 2.05) is 13.8 Å². The number of nitrogens with zero attached hydrogens (tertiary/aromatic N) is 2. The topological polar surface area (TPSA) is 104 Å². The molecule has 2 aromatic rings. The van der Waals surface area contributed by atoms with E-state index in [0.717, 1.165) is 0 Å². The number of fused-ring (bicyclic) bond motifs is 1. The van der Waals surface area contributed by atoms with Gasteiger partial charge in [-0.1, -0.05) is 13.8 Å². The van der Waals surface area contributed by atoms with Crippen molar-refractivity contribution in [3.05, 3.63) is 28.3 Å². The van der Waals surface area contributed by atoms with Crippen LogP contribution in [-0.4, -0.2) is 33.1 Å². The van der Waals surface area contributed by atoms with E-state index in [4.69, 9.17) is 5.11 Å². The van der Waals surface area contributed by atoms with Crippen molar-refractivity contribution >= 4 is 22.7 Å². The zero-order valence-corrected chi connectivity index (χ0v) is 10.8. The van der Waals surface area contributed by atoms with Crippen molar-refractivity contribution in [3.8, 4) is 0 Å². The quantitative estimate of drug-likeness (QED) is 0.565. The summed E-state index contributed by atoms with van der Waals surface area (Å²) < 4.78 is 0. The third kappa shape index (κ3) is 3.00. The zero-order valence-electron chi connectivity index (χ0n) is 10.8. The van der Waals surface area contributed by atoms with Crippen LogP contribution in [0.2, 0.25) is 0 Å². The molecule has 7 nitrogen and oxygen atoms in total.